The fraction of sp³-hybridized carbons (Fsp3) is 0.308. The Hall–Kier alpha value is -2.37. The zero-order chi connectivity index (χ0) is 14.0. The van der Waals surface area contributed by atoms with Crippen molar-refractivity contribution in [1.29, 1.82) is 0 Å². The smallest absolute Gasteiger partial charge is 0.298 e. The summed E-state index contributed by atoms with van der Waals surface area (Å²) >= 11 is 0. The van der Waals surface area contributed by atoms with Crippen molar-refractivity contribution < 1.29 is 9.66 Å². The monoisotopic (exact) mass is 261 g/mol. The van der Waals surface area contributed by atoms with Crippen LogP contribution in [0.4, 0.5) is 5.69 Å². The van der Waals surface area contributed by atoms with Crippen LogP contribution in [0.15, 0.2) is 24.3 Å². The van der Waals surface area contributed by atoms with Crippen LogP contribution < -0.4 is 4.74 Å². The van der Waals surface area contributed by atoms with Crippen molar-refractivity contribution >= 4 is 5.69 Å². The Kier molecular flexibility index (Phi) is 3.50. The van der Waals surface area contributed by atoms with Crippen molar-refractivity contribution in [1.82, 2.24) is 9.78 Å². The highest BCUT2D eigenvalue weighted by atomic mass is 16.6. The number of rotatable bonds is 4. The molecule has 0 radical (unpaired) electrons. The van der Waals surface area contributed by atoms with Gasteiger partial charge in [0.1, 0.15) is 11.4 Å². The topological polar surface area (TPSA) is 70.2 Å². The van der Waals surface area contributed by atoms with Gasteiger partial charge in [-0.05, 0) is 39.0 Å². The number of ether oxygens (including phenoxy) is 1. The molecule has 0 aliphatic carbocycles. The van der Waals surface area contributed by atoms with E-state index in [0.717, 1.165) is 11.4 Å². The molecule has 0 amide bonds. The molecule has 0 saturated carbocycles. The summed E-state index contributed by atoms with van der Waals surface area (Å²) in [4.78, 5) is 10.8. The van der Waals surface area contributed by atoms with Crippen molar-refractivity contribution in [3.05, 3.63) is 45.8 Å². The molecule has 2 aromatic rings. The molecular formula is C13H15N3O3. The molecule has 0 saturated heterocycles. The quantitative estimate of drug-likeness (QED) is 0.626. The maximum atomic E-state index is 11.2. The Morgan fingerprint density at radius 3 is 2.63 bits per heavy atom. The van der Waals surface area contributed by atoms with E-state index in [9.17, 15) is 10.1 Å². The van der Waals surface area contributed by atoms with E-state index in [0.29, 0.717) is 18.0 Å². The Labute approximate surface area is 110 Å². The number of nitrogens with zero attached hydrogens (tertiary/aromatic N) is 3. The van der Waals surface area contributed by atoms with Gasteiger partial charge >= 0.3 is 0 Å². The lowest BCUT2D eigenvalue weighted by atomic mass is 10.2. The molecule has 0 fully saturated rings. The zero-order valence-corrected chi connectivity index (χ0v) is 11.1. The average Bonchev–Trinajstić information content (AvgIpc) is 2.68. The number of hydrogen-bond donors (Lipinski definition) is 0. The van der Waals surface area contributed by atoms with E-state index in [1.54, 1.807) is 16.8 Å². The minimum Gasteiger partial charge on any atom is -0.494 e. The summed E-state index contributed by atoms with van der Waals surface area (Å²) in [7, 11) is 0. The minimum atomic E-state index is -0.422. The standard InChI is InChI=1S/C13H15N3O3/c1-4-19-11-5-6-12(13(8-11)16(17)18)15-10(3)7-9(2)14-15/h5-8H,4H2,1-3H3. The maximum Gasteiger partial charge on any atom is 0.298 e. The third-order valence-corrected chi connectivity index (χ3v) is 2.69. The molecule has 1 heterocycles. The molecule has 1 aromatic heterocycles. The number of nitro groups is 1. The second kappa shape index (κ2) is 5.09. The summed E-state index contributed by atoms with van der Waals surface area (Å²) in [5, 5.41) is 15.4. The fourth-order valence-electron chi connectivity index (χ4n) is 1.96. The molecule has 19 heavy (non-hydrogen) atoms. The van der Waals surface area contributed by atoms with Gasteiger partial charge in [-0.1, -0.05) is 0 Å². The van der Waals surface area contributed by atoms with E-state index in [1.807, 2.05) is 26.8 Å². The molecule has 0 bridgehead atoms. The van der Waals surface area contributed by atoms with Crippen LogP contribution in [0.25, 0.3) is 5.69 Å². The highest BCUT2D eigenvalue weighted by Gasteiger charge is 2.18. The normalized spacial score (nSPS) is 10.5. The summed E-state index contributed by atoms with van der Waals surface area (Å²) in [6, 6.07) is 6.67. The minimum absolute atomic E-state index is 0.0165. The van der Waals surface area contributed by atoms with E-state index >= 15 is 0 Å². The number of hydrogen-bond acceptors (Lipinski definition) is 4. The van der Waals surface area contributed by atoms with Crippen LogP contribution in [0, 0.1) is 24.0 Å². The van der Waals surface area contributed by atoms with Crippen molar-refractivity contribution in [3.8, 4) is 11.4 Å². The van der Waals surface area contributed by atoms with E-state index in [4.69, 9.17) is 4.74 Å². The summed E-state index contributed by atoms with van der Waals surface area (Å²) in [5.74, 6) is 0.486. The first-order chi connectivity index (χ1) is 9.02. The predicted octanol–water partition coefficient (Wildman–Crippen LogP) is 2.80. The largest absolute Gasteiger partial charge is 0.494 e. The number of aromatic nitrogens is 2. The molecule has 6 nitrogen and oxygen atoms in total. The Morgan fingerprint density at radius 1 is 1.37 bits per heavy atom. The van der Waals surface area contributed by atoms with Crippen molar-refractivity contribution in [2.75, 3.05) is 6.61 Å². The van der Waals surface area contributed by atoms with Gasteiger partial charge in [0.2, 0.25) is 0 Å². The predicted molar refractivity (Wildman–Crippen MR) is 70.9 cm³/mol. The SMILES string of the molecule is CCOc1ccc(-n2nc(C)cc2C)c([N+](=O)[O-])c1. The molecule has 0 aliphatic rings. The molecule has 6 heteroatoms. The number of aryl methyl sites for hydroxylation is 2. The summed E-state index contributed by atoms with van der Waals surface area (Å²) in [6.07, 6.45) is 0. The van der Waals surface area contributed by atoms with Gasteiger partial charge < -0.3 is 4.74 Å². The van der Waals surface area contributed by atoms with E-state index < -0.39 is 4.92 Å². The van der Waals surface area contributed by atoms with Gasteiger partial charge in [-0.25, -0.2) is 4.68 Å². The Bertz CT molecular complexity index is 620. The van der Waals surface area contributed by atoms with Crippen LogP contribution >= 0.6 is 0 Å². The molecule has 0 atom stereocenters. The molecule has 1 aromatic carbocycles. The van der Waals surface area contributed by atoms with Crippen molar-refractivity contribution in [2.24, 2.45) is 0 Å². The first kappa shape index (κ1) is 13.1. The van der Waals surface area contributed by atoms with Crippen molar-refractivity contribution in [3.63, 3.8) is 0 Å². The van der Waals surface area contributed by atoms with Gasteiger partial charge in [-0.15, -0.1) is 0 Å². The first-order valence-electron chi connectivity index (χ1n) is 5.97. The van der Waals surface area contributed by atoms with Crippen LogP contribution in [-0.4, -0.2) is 21.3 Å². The Morgan fingerprint density at radius 2 is 2.11 bits per heavy atom. The lowest BCUT2D eigenvalue weighted by Crippen LogP contribution is -2.04. The van der Waals surface area contributed by atoms with Crippen LogP contribution in [0.2, 0.25) is 0 Å². The molecule has 0 aliphatic heterocycles. The van der Waals surface area contributed by atoms with Crippen LogP contribution in [0.1, 0.15) is 18.3 Å². The molecule has 0 spiro atoms. The van der Waals surface area contributed by atoms with Gasteiger partial charge in [-0.2, -0.15) is 5.10 Å². The maximum absolute atomic E-state index is 11.2. The van der Waals surface area contributed by atoms with Crippen LogP contribution in [-0.2, 0) is 0 Å². The van der Waals surface area contributed by atoms with E-state index in [2.05, 4.69) is 5.10 Å². The third kappa shape index (κ3) is 2.57. The van der Waals surface area contributed by atoms with Gasteiger partial charge in [0.25, 0.3) is 5.69 Å². The van der Waals surface area contributed by atoms with Crippen molar-refractivity contribution in [2.45, 2.75) is 20.8 Å². The lowest BCUT2D eigenvalue weighted by Gasteiger charge is -2.08. The fourth-order valence-corrected chi connectivity index (χ4v) is 1.96. The first-order valence-corrected chi connectivity index (χ1v) is 5.97. The van der Waals surface area contributed by atoms with Gasteiger partial charge in [0.05, 0.1) is 23.3 Å². The van der Waals surface area contributed by atoms with Gasteiger partial charge in [0.15, 0.2) is 0 Å². The van der Waals surface area contributed by atoms with Crippen LogP contribution in [0.5, 0.6) is 5.75 Å². The summed E-state index contributed by atoms with van der Waals surface area (Å²) in [5.41, 5.74) is 2.10. The molecule has 2 rings (SSSR count). The average molecular weight is 261 g/mol. The van der Waals surface area contributed by atoms with Gasteiger partial charge in [0, 0.05) is 5.69 Å². The second-order valence-electron chi connectivity index (χ2n) is 4.18. The number of nitro benzene ring substituents is 1. The summed E-state index contributed by atoms with van der Waals surface area (Å²) < 4.78 is 6.86. The highest BCUT2D eigenvalue weighted by Crippen LogP contribution is 2.28. The molecule has 0 unspecified atom stereocenters. The summed E-state index contributed by atoms with van der Waals surface area (Å²) in [6.45, 7) is 6.02. The zero-order valence-electron chi connectivity index (χ0n) is 11.1. The van der Waals surface area contributed by atoms with E-state index in [1.165, 1.54) is 6.07 Å². The Balaban J connectivity index is 2.56. The molecule has 100 valence electrons. The molecule has 0 N–H and O–H groups in total. The van der Waals surface area contributed by atoms with Gasteiger partial charge in [-0.3, -0.25) is 10.1 Å². The lowest BCUT2D eigenvalue weighted by molar-refractivity contribution is -0.384. The third-order valence-electron chi connectivity index (χ3n) is 2.69. The second-order valence-corrected chi connectivity index (χ2v) is 4.18. The van der Waals surface area contributed by atoms with E-state index in [-0.39, 0.29) is 5.69 Å². The van der Waals surface area contributed by atoms with Crippen LogP contribution in [0.3, 0.4) is 0 Å². The highest BCUT2D eigenvalue weighted by molar-refractivity contribution is 5.56. The molecular weight excluding hydrogens is 246 g/mol. The number of benzene rings is 1.